The molecule has 1 aliphatic rings. The maximum absolute atomic E-state index is 11.7. The summed E-state index contributed by atoms with van der Waals surface area (Å²) in [6.07, 6.45) is 0.617. The first-order valence-electron chi connectivity index (χ1n) is 7.25. The minimum absolute atomic E-state index is 0.164. The van der Waals surface area contributed by atoms with Crippen molar-refractivity contribution in [2.45, 2.75) is 19.9 Å². The third kappa shape index (κ3) is 4.19. The van der Waals surface area contributed by atoms with Crippen molar-refractivity contribution in [3.63, 3.8) is 0 Å². The largest absolute Gasteiger partial charge is 0.369 e. The van der Waals surface area contributed by atoms with Crippen LogP contribution in [0.5, 0.6) is 0 Å². The molecule has 1 N–H and O–H groups in total. The van der Waals surface area contributed by atoms with E-state index in [-0.39, 0.29) is 11.5 Å². The maximum atomic E-state index is 11.7. The van der Waals surface area contributed by atoms with Gasteiger partial charge in [0.2, 0.25) is 0 Å². The fraction of sp³-hybridized carbons (Fsp3) is 0.533. The molecule has 1 aromatic rings. The molecule has 0 spiro atoms. The number of hydrogen-bond donors (Lipinski definition) is 1. The molecule has 1 fully saturated rings. The van der Waals surface area contributed by atoms with Crippen LogP contribution in [0, 0.1) is 11.3 Å². The monoisotopic (exact) mass is 307 g/mol. The molecule has 1 aromatic carbocycles. The molecular formula is C15H21N3O2S. The Hall–Kier alpha value is -1.58. The smallest absolute Gasteiger partial charge is 0.152 e. The van der Waals surface area contributed by atoms with Crippen LogP contribution in [-0.4, -0.2) is 39.6 Å². The van der Waals surface area contributed by atoms with Gasteiger partial charge in [-0.05, 0) is 30.7 Å². The summed E-state index contributed by atoms with van der Waals surface area (Å²) in [7, 11) is -2.93. The van der Waals surface area contributed by atoms with Crippen LogP contribution in [0.4, 0.5) is 5.69 Å². The van der Waals surface area contributed by atoms with Crippen molar-refractivity contribution in [1.29, 1.82) is 5.26 Å². The van der Waals surface area contributed by atoms with Crippen LogP contribution in [0.2, 0.25) is 0 Å². The fourth-order valence-corrected chi connectivity index (χ4v) is 3.78. The Morgan fingerprint density at radius 1 is 1.33 bits per heavy atom. The molecule has 5 nitrogen and oxygen atoms in total. The van der Waals surface area contributed by atoms with Crippen LogP contribution in [-0.2, 0) is 16.4 Å². The highest BCUT2D eigenvalue weighted by Gasteiger charge is 2.21. The van der Waals surface area contributed by atoms with Crippen LogP contribution in [0.3, 0.4) is 0 Å². The second-order valence-corrected chi connectivity index (χ2v) is 7.54. The predicted molar refractivity (Wildman–Crippen MR) is 84.0 cm³/mol. The predicted octanol–water partition coefficient (Wildman–Crippen LogP) is 1.29. The first-order chi connectivity index (χ1) is 10.1. The van der Waals surface area contributed by atoms with Gasteiger partial charge >= 0.3 is 0 Å². The molecule has 0 aliphatic carbocycles. The van der Waals surface area contributed by atoms with Gasteiger partial charge < -0.3 is 10.2 Å². The highest BCUT2D eigenvalue weighted by Crippen LogP contribution is 2.23. The average molecular weight is 307 g/mol. The van der Waals surface area contributed by atoms with Gasteiger partial charge in [0, 0.05) is 19.6 Å². The van der Waals surface area contributed by atoms with E-state index in [4.69, 9.17) is 0 Å². The van der Waals surface area contributed by atoms with Crippen LogP contribution < -0.4 is 10.2 Å². The number of nitrogens with zero attached hydrogens (tertiary/aromatic N) is 2. The lowest BCUT2D eigenvalue weighted by atomic mass is 10.1. The van der Waals surface area contributed by atoms with E-state index >= 15 is 0 Å². The Morgan fingerprint density at radius 3 is 2.86 bits per heavy atom. The van der Waals surface area contributed by atoms with Crippen molar-refractivity contribution in [2.24, 2.45) is 0 Å². The highest BCUT2D eigenvalue weighted by atomic mass is 32.2. The third-order valence-corrected chi connectivity index (χ3v) is 5.37. The third-order valence-electron chi connectivity index (χ3n) is 3.66. The highest BCUT2D eigenvalue weighted by molar-refractivity contribution is 7.91. The number of benzene rings is 1. The molecule has 0 saturated carbocycles. The Bertz CT molecular complexity index is 635. The van der Waals surface area contributed by atoms with E-state index in [2.05, 4.69) is 11.4 Å². The van der Waals surface area contributed by atoms with Gasteiger partial charge in [-0.3, -0.25) is 0 Å². The zero-order valence-electron chi connectivity index (χ0n) is 12.3. The van der Waals surface area contributed by atoms with Gasteiger partial charge in [-0.15, -0.1) is 0 Å². The lowest BCUT2D eigenvalue weighted by Crippen LogP contribution is -2.27. The second kappa shape index (κ2) is 6.92. The Labute approximate surface area is 126 Å². The van der Waals surface area contributed by atoms with Crippen molar-refractivity contribution in [3.8, 4) is 6.07 Å². The normalized spacial score (nSPS) is 18.0. The van der Waals surface area contributed by atoms with Crippen molar-refractivity contribution in [1.82, 2.24) is 5.32 Å². The molecule has 0 atom stereocenters. The Morgan fingerprint density at radius 2 is 2.14 bits per heavy atom. The van der Waals surface area contributed by atoms with E-state index in [9.17, 15) is 13.7 Å². The van der Waals surface area contributed by atoms with E-state index < -0.39 is 9.84 Å². The molecule has 0 unspecified atom stereocenters. The molecule has 2 rings (SSSR count). The molecule has 1 aliphatic heterocycles. The van der Waals surface area contributed by atoms with Crippen LogP contribution >= 0.6 is 0 Å². The van der Waals surface area contributed by atoms with Crippen molar-refractivity contribution >= 4 is 15.5 Å². The number of rotatable bonds is 4. The molecular weight excluding hydrogens is 286 g/mol. The van der Waals surface area contributed by atoms with Gasteiger partial charge in [0.15, 0.2) is 9.84 Å². The summed E-state index contributed by atoms with van der Waals surface area (Å²) in [5, 5.41) is 12.6. The molecule has 0 aromatic heterocycles. The molecule has 21 heavy (non-hydrogen) atoms. The van der Waals surface area contributed by atoms with Gasteiger partial charge in [-0.1, -0.05) is 13.0 Å². The minimum atomic E-state index is -2.93. The summed E-state index contributed by atoms with van der Waals surface area (Å²) in [5.41, 5.74) is 2.53. The van der Waals surface area contributed by atoms with E-state index in [1.807, 2.05) is 30.0 Å². The maximum Gasteiger partial charge on any atom is 0.152 e. The van der Waals surface area contributed by atoms with E-state index in [1.54, 1.807) is 0 Å². The Balaban J connectivity index is 2.21. The van der Waals surface area contributed by atoms with Gasteiger partial charge in [-0.2, -0.15) is 5.26 Å². The summed E-state index contributed by atoms with van der Waals surface area (Å²) in [4.78, 5) is 2.01. The van der Waals surface area contributed by atoms with Crippen LogP contribution in [0.15, 0.2) is 18.2 Å². The van der Waals surface area contributed by atoms with Crippen molar-refractivity contribution in [3.05, 3.63) is 29.3 Å². The van der Waals surface area contributed by atoms with Gasteiger partial charge in [0.25, 0.3) is 0 Å². The number of hydrogen-bond acceptors (Lipinski definition) is 5. The minimum Gasteiger partial charge on any atom is -0.369 e. The van der Waals surface area contributed by atoms with Gasteiger partial charge in [0.1, 0.15) is 6.07 Å². The summed E-state index contributed by atoms with van der Waals surface area (Å²) in [5.74, 6) is 0.404. The Kier molecular flexibility index (Phi) is 5.21. The molecule has 114 valence electrons. The van der Waals surface area contributed by atoms with Crippen molar-refractivity contribution in [2.75, 3.05) is 36.0 Å². The molecule has 0 radical (unpaired) electrons. The summed E-state index contributed by atoms with van der Waals surface area (Å²) in [6.45, 7) is 4.80. The lowest BCUT2D eigenvalue weighted by Gasteiger charge is -2.23. The SMILES string of the molecule is CCNCc1ccc(N2CCCS(=O)(=O)CC2)c(C#N)c1. The molecule has 0 bridgehead atoms. The summed E-state index contributed by atoms with van der Waals surface area (Å²) in [6, 6.07) is 8.05. The topological polar surface area (TPSA) is 73.2 Å². The van der Waals surface area contributed by atoms with Crippen LogP contribution in [0.25, 0.3) is 0 Å². The standard InChI is InChI=1S/C15H21N3O2S/c1-2-17-12-13-4-5-15(14(10-13)11-16)18-6-3-8-21(19,20)9-7-18/h4-5,10,17H,2-3,6-9,12H2,1H3. The summed E-state index contributed by atoms with van der Waals surface area (Å²) < 4.78 is 23.3. The number of sulfone groups is 1. The fourth-order valence-electron chi connectivity index (χ4n) is 2.51. The van der Waals surface area contributed by atoms with E-state index in [1.165, 1.54) is 0 Å². The first kappa shape index (κ1) is 15.8. The zero-order chi connectivity index (χ0) is 15.3. The van der Waals surface area contributed by atoms with Gasteiger partial charge in [-0.25, -0.2) is 8.42 Å². The van der Waals surface area contributed by atoms with E-state index in [0.29, 0.717) is 25.1 Å². The molecule has 1 saturated heterocycles. The zero-order valence-corrected chi connectivity index (χ0v) is 13.1. The lowest BCUT2D eigenvalue weighted by molar-refractivity contribution is 0.597. The average Bonchev–Trinajstić information content (AvgIpc) is 2.65. The molecule has 0 amide bonds. The van der Waals surface area contributed by atoms with Crippen LogP contribution in [0.1, 0.15) is 24.5 Å². The van der Waals surface area contributed by atoms with E-state index in [0.717, 1.165) is 24.3 Å². The molecule has 1 heterocycles. The number of nitrogens with one attached hydrogen (secondary N) is 1. The second-order valence-electron chi connectivity index (χ2n) is 5.24. The number of anilines is 1. The molecule has 6 heteroatoms. The quantitative estimate of drug-likeness (QED) is 0.907. The number of nitriles is 1. The van der Waals surface area contributed by atoms with Gasteiger partial charge in [0.05, 0.1) is 22.8 Å². The first-order valence-corrected chi connectivity index (χ1v) is 9.07. The van der Waals surface area contributed by atoms with Crippen molar-refractivity contribution < 1.29 is 8.42 Å². The summed E-state index contributed by atoms with van der Waals surface area (Å²) >= 11 is 0.